The van der Waals surface area contributed by atoms with Crippen molar-refractivity contribution < 1.29 is 14.7 Å². The SMILES string of the molecule is CCN(C(=O)c1ccccc1)c1nnc(-c2ccc(CN3CC(C(=O)O)C3)cc2)s1. The highest BCUT2D eigenvalue weighted by Gasteiger charge is 2.32. The predicted octanol–water partition coefficient (Wildman–Crippen LogP) is 3.39. The van der Waals surface area contributed by atoms with E-state index in [2.05, 4.69) is 15.1 Å². The van der Waals surface area contributed by atoms with Gasteiger partial charge in [-0.3, -0.25) is 19.4 Å². The van der Waals surface area contributed by atoms with Crippen LogP contribution < -0.4 is 4.90 Å². The van der Waals surface area contributed by atoms with Crippen LogP contribution in [0.25, 0.3) is 10.6 Å². The Morgan fingerprint density at radius 1 is 1.10 bits per heavy atom. The molecule has 2 aromatic carbocycles. The second-order valence-corrected chi connectivity index (χ2v) is 8.19. The number of benzene rings is 2. The van der Waals surface area contributed by atoms with Gasteiger partial charge in [0.05, 0.1) is 5.92 Å². The molecule has 1 fully saturated rings. The smallest absolute Gasteiger partial charge is 0.309 e. The van der Waals surface area contributed by atoms with Crippen LogP contribution in [0.1, 0.15) is 22.8 Å². The average molecular weight is 423 g/mol. The largest absolute Gasteiger partial charge is 0.481 e. The van der Waals surface area contributed by atoms with Crippen LogP contribution in [0.4, 0.5) is 5.13 Å². The number of amides is 1. The number of aromatic nitrogens is 2. The molecular weight excluding hydrogens is 400 g/mol. The highest BCUT2D eigenvalue weighted by molar-refractivity contribution is 7.18. The molecule has 0 bridgehead atoms. The van der Waals surface area contributed by atoms with Gasteiger partial charge in [0, 0.05) is 37.3 Å². The second-order valence-electron chi connectivity index (χ2n) is 7.23. The maximum atomic E-state index is 12.8. The van der Waals surface area contributed by atoms with Crippen molar-refractivity contribution >= 4 is 28.3 Å². The number of likely N-dealkylation sites (tertiary alicyclic amines) is 1. The molecule has 0 saturated carbocycles. The summed E-state index contributed by atoms with van der Waals surface area (Å²) < 4.78 is 0. The lowest BCUT2D eigenvalue weighted by Gasteiger charge is -2.36. The molecule has 0 unspecified atom stereocenters. The van der Waals surface area contributed by atoms with Crippen LogP contribution >= 0.6 is 11.3 Å². The summed E-state index contributed by atoms with van der Waals surface area (Å²) in [6.45, 7) is 4.36. The summed E-state index contributed by atoms with van der Waals surface area (Å²) in [5.74, 6) is -1.06. The molecule has 1 aromatic heterocycles. The van der Waals surface area contributed by atoms with Crippen LogP contribution in [0.2, 0.25) is 0 Å². The molecule has 4 rings (SSSR count). The average Bonchev–Trinajstić information content (AvgIpc) is 3.21. The number of hydrogen-bond acceptors (Lipinski definition) is 6. The molecule has 0 aliphatic carbocycles. The zero-order valence-electron chi connectivity index (χ0n) is 16.6. The summed E-state index contributed by atoms with van der Waals surface area (Å²) in [5.41, 5.74) is 2.69. The molecule has 7 nitrogen and oxygen atoms in total. The Balaban J connectivity index is 1.43. The molecule has 3 aromatic rings. The quantitative estimate of drug-likeness (QED) is 0.628. The Bertz CT molecular complexity index is 1030. The van der Waals surface area contributed by atoms with Gasteiger partial charge in [0.1, 0.15) is 5.01 Å². The van der Waals surface area contributed by atoms with Crippen LogP contribution in [-0.2, 0) is 11.3 Å². The van der Waals surface area contributed by atoms with Crippen LogP contribution in [0.15, 0.2) is 54.6 Å². The number of anilines is 1. The third kappa shape index (κ3) is 4.24. The number of rotatable bonds is 7. The van der Waals surface area contributed by atoms with E-state index in [4.69, 9.17) is 5.11 Å². The molecule has 1 N–H and O–H groups in total. The molecule has 0 atom stereocenters. The van der Waals surface area contributed by atoms with E-state index in [1.54, 1.807) is 17.0 Å². The van der Waals surface area contributed by atoms with Gasteiger partial charge >= 0.3 is 5.97 Å². The van der Waals surface area contributed by atoms with Crippen molar-refractivity contribution in [3.63, 3.8) is 0 Å². The van der Waals surface area contributed by atoms with Crippen molar-refractivity contribution in [3.8, 4) is 10.6 Å². The summed E-state index contributed by atoms with van der Waals surface area (Å²) in [5, 5.41) is 18.8. The van der Waals surface area contributed by atoms with Crippen LogP contribution in [0.5, 0.6) is 0 Å². The Labute approximate surface area is 178 Å². The van der Waals surface area contributed by atoms with E-state index in [9.17, 15) is 9.59 Å². The monoisotopic (exact) mass is 422 g/mol. The molecule has 1 aliphatic rings. The summed E-state index contributed by atoms with van der Waals surface area (Å²) >= 11 is 1.39. The van der Waals surface area contributed by atoms with Crippen molar-refractivity contribution in [3.05, 3.63) is 65.7 Å². The minimum Gasteiger partial charge on any atom is -0.481 e. The number of aliphatic carboxylic acids is 1. The van der Waals surface area contributed by atoms with Gasteiger partial charge in [-0.25, -0.2) is 0 Å². The van der Waals surface area contributed by atoms with Crippen LogP contribution in [0.3, 0.4) is 0 Å². The second kappa shape index (κ2) is 8.73. The Morgan fingerprint density at radius 2 is 1.80 bits per heavy atom. The molecule has 1 amide bonds. The Morgan fingerprint density at radius 3 is 2.43 bits per heavy atom. The maximum absolute atomic E-state index is 12.8. The van der Waals surface area contributed by atoms with Crippen molar-refractivity contribution in [2.24, 2.45) is 5.92 Å². The third-order valence-electron chi connectivity index (χ3n) is 5.14. The standard InChI is InChI=1S/C22H22N4O3S/c1-2-26(20(27)17-6-4-3-5-7-17)22-24-23-19(30-22)16-10-8-15(9-11-16)12-25-13-18(14-25)21(28)29/h3-11,18H,2,12-14H2,1H3,(H,28,29). The maximum Gasteiger partial charge on any atom is 0.309 e. The van der Waals surface area contributed by atoms with E-state index >= 15 is 0 Å². The van der Waals surface area contributed by atoms with E-state index in [-0.39, 0.29) is 11.8 Å². The summed E-state index contributed by atoms with van der Waals surface area (Å²) in [4.78, 5) is 27.5. The van der Waals surface area contributed by atoms with Gasteiger partial charge in [-0.1, -0.05) is 53.8 Å². The fourth-order valence-corrected chi connectivity index (χ4v) is 4.32. The Hall–Kier alpha value is -3.10. The van der Waals surface area contributed by atoms with E-state index in [0.29, 0.717) is 30.3 Å². The molecule has 0 radical (unpaired) electrons. The first kappa shape index (κ1) is 20.2. The van der Waals surface area contributed by atoms with E-state index in [1.165, 1.54) is 11.3 Å². The lowest BCUT2D eigenvalue weighted by Crippen LogP contribution is -2.49. The van der Waals surface area contributed by atoms with Gasteiger partial charge in [0.25, 0.3) is 5.91 Å². The summed E-state index contributed by atoms with van der Waals surface area (Å²) in [7, 11) is 0. The van der Waals surface area contributed by atoms with Gasteiger partial charge in [0.2, 0.25) is 5.13 Å². The highest BCUT2D eigenvalue weighted by atomic mass is 32.1. The van der Waals surface area contributed by atoms with Gasteiger partial charge in [0.15, 0.2) is 0 Å². The van der Waals surface area contributed by atoms with Gasteiger partial charge in [-0.15, -0.1) is 10.2 Å². The molecular formula is C22H22N4O3S. The summed E-state index contributed by atoms with van der Waals surface area (Å²) in [6, 6.07) is 17.2. The normalized spacial score (nSPS) is 14.3. The topological polar surface area (TPSA) is 86.6 Å². The molecule has 0 spiro atoms. The van der Waals surface area contributed by atoms with Crippen LogP contribution in [0, 0.1) is 5.92 Å². The number of hydrogen-bond donors (Lipinski definition) is 1. The van der Waals surface area contributed by atoms with E-state index in [0.717, 1.165) is 22.7 Å². The predicted molar refractivity (Wildman–Crippen MR) is 116 cm³/mol. The van der Waals surface area contributed by atoms with Crippen molar-refractivity contribution in [2.75, 3.05) is 24.5 Å². The first-order valence-electron chi connectivity index (χ1n) is 9.80. The van der Waals surface area contributed by atoms with E-state index < -0.39 is 5.97 Å². The minimum atomic E-state index is -0.722. The lowest BCUT2D eigenvalue weighted by atomic mass is 9.99. The number of nitrogens with zero attached hydrogens (tertiary/aromatic N) is 4. The van der Waals surface area contributed by atoms with Gasteiger partial charge < -0.3 is 5.11 Å². The first-order chi connectivity index (χ1) is 14.5. The van der Waals surface area contributed by atoms with Gasteiger partial charge in [-0.05, 0) is 24.6 Å². The third-order valence-corrected chi connectivity index (χ3v) is 6.14. The molecule has 30 heavy (non-hydrogen) atoms. The number of carbonyl (C=O) groups is 2. The van der Waals surface area contributed by atoms with E-state index in [1.807, 2.05) is 49.4 Å². The van der Waals surface area contributed by atoms with Crippen molar-refractivity contribution in [2.45, 2.75) is 13.5 Å². The Kier molecular flexibility index (Phi) is 5.87. The fourth-order valence-electron chi connectivity index (χ4n) is 3.41. The highest BCUT2D eigenvalue weighted by Crippen LogP contribution is 2.30. The number of carboxylic acids is 1. The minimum absolute atomic E-state index is 0.0923. The van der Waals surface area contributed by atoms with Crippen molar-refractivity contribution in [1.29, 1.82) is 0 Å². The molecule has 2 heterocycles. The number of carbonyl (C=O) groups excluding carboxylic acids is 1. The van der Waals surface area contributed by atoms with Gasteiger partial charge in [-0.2, -0.15) is 0 Å². The number of carboxylic acid groups (broad SMARTS) is 1. The van der Waals surface area contributed by atoms with Crippen molar-refractivity contribution in [1.82, 2.24) is 15.1 Å². The zero-order chi connectivity index (χ0) is 21.1. The summed E-state index contributed by atoms with van der Waals surface area (Å²) in [6.07, 6.45) is 0. The molecule has 8 heteroatoms. The fraction of sp³-hybridized carbons (Fsp3) is 0.273. The molecule has 154 valence electrons. The molecule has 1 saturated heterocycles. The zero-order valence-corrected chi connectivity index (χ0v) is 17.4. The molecule has 1 aliphatic heterocycles. The van der Waals surface area contributed by atoms with Crippen LogP contribution in [-0.4, -0.2) is 51.7 Å². The lowest BCUT2D eigenvalue weighted by molar-refractivity contribution is -0.147. The first-order valence-corrected chi connectivity index (χ1v) is 10.6.